The molecule has 1 N–H and O–H groups in total. The number of nitrogens with one attached hydrogen (secondary N) is 1. The topological polar surface area (TPSA) is 67.9 Å². The minimum Gasteiger partial charge on any atom is -0.494 e. The minimum atomic E-state index is -0.403. The van der Waals surface area contributed by atoms with Crippen molar-refractivity contribution in [3.8, 4) is 5.75 Å². The molecule has 0 radical (unpaired) electrons. The Hall–Kier alpha value is -2.38. The van der Waals surface area contributed by atoms with E-state index in [-0.39, 0.29) is 5.91 Å². The van der Waals surface area contributed by atoms with Crippen LogP contribution in [0.4, 0.5) is 5.00 Å². The fraction of sp³-hybridized carbons (Fsp3) is 0.400. The first-order valence-electron chi connectivity index (χ1n) is 9.06. The highest BCUT2D eigenvalue weighted by Crippen LogP contribution is 2.37. The van der Waals surface area contributed by atoms with E-state index in [1.807, 2.05) is 6.92 Å². The Labute approximate surface area is 163 Å². The van der Waals surface area contributed by atoms with E-state index < -0.39 is 5.97 Å². The molecule has 0 unspecified atom stereocenters. The van der Waals surface area contributed by atoms with E-state index >= 15 is 0 Å². The molecule has 2 heterocycles. The van der Waals surface area contributed by atoms with Crippen molar-refractivity contribution >= 4 is 28.2 Å². The highest BCUT2D eigenvalue weighted by molar-refractivity contribution is 7.17. The van der Waals surface area contributed by atoms with E-state index in [0.29, 0.717) is 22.7 Å². The second-order valence-electron chi connectivity index (χ2n) is 6.23. The SMILES string of the molecule is CCOc1ccc(C(=O)Nc2sc3c(c2C(=O)OC)CCN(CC)C3)cc1. The molecule has 0 bridgehead atoms. The molecule has 0 fully saturated rings. The van der Waals surface area contributed by atoms with Crippen molar-refractivity contribution in [1.29, 1.82) is 0 Å². The summed E-state index contributed by atoms with van der Waals surface area (Å²) in [5.41, 5.74) is 2.00. The van der Waals surface area contributed by atoms with E-state index in [1.54, 1.807) is 24.3 Å². The first-order valence-corrected chi connectivity index (χ1v) is 9.88. The highest BCUT2D eigenvalue weighted by Gasteiger charge is 2.29. The zero-order valence-corrected chi connectivity index (χ0v) is 16.6. The van der Waals surface area contributed by atoms with Crippen molar-refractivity contribution in [1.82, 2.24) is 4.90 Å². The average Bonchev–Trinajstić information content (AvgIpc) is 3.04. The molecular formula is C20H24N2O4S. The van der Waals surface area contributed by atoms with Crippen LogP contribution in [0.3, 0.4) is 0 Å². The summed E-state index contributed by atoms with van der Waals surface area (Å²) in [4.78, 5) is 28.5. The summed E-state index contributed by atoms with van der Waals surface area (Å²) in [6.07, 6.45) is 0.781. The minimum absolute atomic E-state index is 0.255. The van der Waals surface area contributed by atoms with Gasteiger partial charge in [-0.3, -0.25) is 9.69 Å². The average molecular weight is 388 g/mol. The molecule has 1 aromatic carbocycles. The van der Waals surface area contributed by atoms with Crippen LogP contribution in [-0.4, -0.2) is 43.6 Å². The van der Waals surface area contributed by atoms with Crippen molar-refractivity contribution in [3.05, 3.63) is 45.8 Å². The summed E-state index contributed by atoms with van der Waals surface area (Å²) in [7, 11) is 1.37. The molecule has 0 aliphatic carbocycles. The lowest BCUT2D eigenvalue weighted by Gasteiger charge is -2.25. The van der Waals surface area contributed by atoms with Crippen LogP contribution in [-0.2, 0) is 17.7 Å². The van der Waals surface area contributed by atoms with Crippen LogP contribution in [0, 0.1) is 0 Å². The Morgan fingerprint density at radius 1 is 1.22 bits per heavy atom. The number of methoxy groups -OCH3 is 1. The molecular weight excluding hydrogens is 364 g/mol. The van der Waals surface area contributed by atoms with Gasteiger partial charge in [0, 0.05) is 23.5 Å². The van der Waals surface area contributed by atoms with Crippen molar-refractivity contribution in [2.45, 2.75) is 26.8 Å². The van der Waals surface area contributed by atoms with Gasteiger partial charge in [0.1, 0.15) is 10.8 Å². The maximum Gasteiger partial charge on any atom is 0.341 e. The molecule has 0 spiro atoms. The Balaban J connectivity index is 1.86. The van der Waals surface area contributed by atoms with Crippen molar-refractivity contribution in [2.75, 3.05) is 32.1 Å². The molecule has 0 saturated heterocycles. The fourth-order valence-corrected chi connectivity index (χ4v) is 4.45. The van der Waals surface area contributed by atoms with Gasteiger partial charge in [0.25, 0.3) is 5.91 Å². The molecule has 27 heavy (non-hydrogen) atoms. The third kappa shape index (κ3) is 4.14. The molecule has 0 atom stereocenters. The van der Waals surface area contributed by atoms with Crippen LogP contribution in [0.15, 0.2) is 24.3 Å². The maximum absolute atomic E-state index is 12.7. The number of hydrogen-bond acceptors (Lipinski definition) is 6. The number of ether oxygens (including phenoxy) is 2. The molecule has 7 heteroatoms. The molecule has 1 amide bonds. The molecule has 1 aliphatic rings. The molecule has 0 saturated carbocycles. The predicted molar refractivity (Wildman–Crippen MR) is 106 cm³/mol. The van der Waals surface area contributed by atoms with Gasteiger partial charge >= 0.3 is 5.97 Å². The van der Waals surface area contributed by atoms with Crippen molar-refractivity contribution in [2.24, 2.45) is 0 Å². The number of amides is 1. The molecule has 1 aliphatic heterocycles. The van der Waals surface area contributed by atoms with Crippen LogP contribution in [0.25, 0.3) is 0 Å². The third-order valence-electron chi connectivity index (χ3n) is 4.63. The monoisotopic (exact) mass is 388 g/mol. The van der Waals surface area contributed by atoms with Gasteiger partial charge in [0.2, 0.25) is 0 Å². The Morgan fingerprint density at radius 3 is 2.59 bits per heavy atom. The van der Waals surface area contributed by atoms with Crippen LogP contribution in [0.2, 0.25) is 0 Å². The van der Waals surface area contributed by atoms with Crippen molar-refractivity contribution in [3.63, 3.8) is 0 Å². The smallest absolute Gasteiger partial charge is 0.341 e. The highest BCUT2D eigenvalue weighted by atomic mass is 32.1. The van der Waals surface area contributed by atoms with Crippen LogP contribution >= 0.6 is 11.3 Å². The lowest BCUT2D eigenvalue weighted by Crippen LogP contribution is -2.29. The Morgan fingerprint density at radius 2 is 1.96 bits per heavy atom. The first-order chi connectivity index (χ1) is 13.1. The van der Waals surface area contributed by atoms with E-state index in [4.69, 9.17) is 9.47 Å². The number of esters is 1. The second-order valence-corrected chi connectivity index (χ2v) is 7.33. The first kappa shape index (κ1) is 19.4. The van der Waals surface area contributed by atoms with E-state index in [9.17, 15) is 9.59 Å². The lowest BCUT2D eigenvalue weighted by atomic mass is 10.0. The molecule has 2 aromatic rings. The summed E-state index contributed by atoms with van der Waals surface area (Å²) >= 11 is 1.46. The second kappa shape index (κ2) is 8.54. The normalized spacial score (nSPS) is 13.7. The van der Waals surface area contributed by atoms with E-state index in [0.717, 1.165) is 42.2 Å². The van der Waals surface area contributed by atoms with Gasteiger partial charge in [-0.15, -0.1) is 11.3 Å². The molecule has 144 valence electrons. The number of likely N-dealkylation sites (N-methyl/N-ethyl adjacent to an activating group) is 1. The summed E-state index contributed by atoms with van der Waals surface area (Å²) in [6, 6.07) is 6.95. The van der Waals surface area contributed by atoms with Gasteiger partial charge in [-0.05, 0) is 49.7 Å². The van der Waals surface area contributed by atoms with Crippen LogP contribution < -0.4 is 10.1 Å². The predicted octanol–water partition coefficient (Wildman–Crippen LogP) is 3.56. The summed E-state index contributed by atoms with van der Waals surface area (Å²) in [5, 5.41) is 3.46. The summed E-state index contributed by atoms with van der Waals surface area (Å²) in [6.45, 7) is 7.25. The third-order valence-corrected chi connectivity index (χ3v) is 5.76. The van der Waals surface area contributed by atoms with E-state index in [2.05, 4.69) is 17.1 Å². The Kier molecular flexibility index (Phi) is 6.13. The summed E-state index contributed by atoms with van der Waals surface area (Å²) < 4.78 is 10.4. The van der Waals surface area contributed by atoms with Crippen LogP contribution in [0.5, 0.6) is 5.75 Å². The number of anilines is 1. The number of hydrogen-bond donors (Lipinski definition) is 1. The fourth-order valence-electron chi connectivity index (χ4n) is 3.18. The number of rotatable bonds is 6. The van der Waals surface area contributed by atoms with Gasteiger partial charge in [0.05, 0.1) is 19.3 Å². The van der Waals surface area contributed by atoms with E-state index in [1.165, 1.54) is 18.4 Å². The molecule has 3 rings (SSSR count). The van der Waals surface area contributed by atoms with Gasteiger partial charge in [-0.25, -0.2) is 4.79 Å². The number of nitrogens with zero attached hydrogens (tertiary/aromatic N) is 1. The lowest BCUT2D eigenvalue weighted by molar-refractivity contribution is 0.0600. The van der Waals surface area contributed by atoms with Crippen LogP contribution in [0.1, 0.15) is 45.0 Å². The standard InChI is InChI=1S/C20H24N2O4S/c1-4-22-11-10-15-16(12-22)27-19(17(15)20(24)25-3)21-18(23)13-6-8-14(9-7-13)26-5-2/h6-9H,4-5,10-12H2,1-3H3,(H,21,23). The zero-order valence-electron chi connectivity index (χ0n) is 15.8. The van der Waals surface area contributed by atoms with Gasteiger partial charge < -0.3 is 14.8 Å². The van der Waals surface area contributed by atoms with Gasteiger partial charge in [-0.1, -0.05) is 6.92 Å². The largest absolute Gasteiger partial charge is 0.494 e. The molecule has 6 nitrogen and oxygen atoms in total. The number of benzene rings is 1. The maximum atomic E-state index is 12.7. The number of fused-ring (bicyclic) bond motifs is 1. The number of carbonyl (C=O) groups excluding carboxylic acids is 2. The quantitative estimate of drug-likeness (QED) is 0.767. The molecule has 1 aromatic heterocycles. The summed E-state index contributed by atoms with van der Waals surface area (Å²) in [5.74, 6) is 0.0594. The zero-order chi connectivity index (χ0) is 19.4. The van der Waals surface area contributed by atoms with Gasteiger partial charge in [0.15, 0.2) is 0 Å². The van der Waals surface area contributed by atoms with Gasteiger partial charge in [-0.2, -0.15) is 0 Å². The van der Waals surface area contributed by atoms with Crippen molar-refractivity contribution < 1.29 is 19.1 Å². The number of thiophene rings is 1. The number of carbonyl (C=O) groups is 2. The Bertz CT molecular complexity index is 829.